The number of hydrogen-bond donors (Lipinski definition) is 1. The van der Waals surface area contributed by atoms with E-state index in [1.807, 2.05) is 13.8 Å². The van der Waals surface area contributed by atoms with Crippen LogP contribution in [0.15, 0.2) is 12.2 Å². The topological polar surface area (TPSA) is 161 Å². The van der Waals surface area contributed by atoms with Crippen molar-refractivity contribution in [3.8, 4) is 0 Å². The molecule has 1 saturated heterocycles. The molecule has 0 aromatic carbocycles. The fourth-order valence-electron chi connectivity index (χ4n) is 5.10. The monoisotopic (exact) mass is 556 g/mol. The summed E-state index contributed by atoms with van der Waals surface area (Å²) in [5.41, 5.74) is -2.04. The molecule has 12 heteroatoms. The van der Waals surface area contributed by atoms with Crippen LogP contribution in [0.25, 0.3) is 0 Å². The fourth-order valence-corrected chi connectivity index (χ4v) is 5.10. The van der Waals surface area contributed by atoms with Crippen LogP contribution in [-0.2, 0) is 52.4 Å². The SMILES string of the molecule is CC(=O)OC[C@H]1O[C@@H](OC(C)C=CC2(O)C(C)CC(=O)CC2(C)C)[C@H](OC(C)=O)[C@@H](OC(C)=O)[C@@H]1OC(C)=O. The van der Waals surface area contributed by atoms with Gasteiger partial charge in [-0.05, 0) is 12.8 Å². The molecule has 12 nitrogen and oxygen atoms in total. The Morgan fingerprint density at radius 3 is 2.03 bits per heavy atom. The van der Waals surface area contributed by atoms with Crippen LogP contribution < -0.4 is 0 Å². The molecular formula is C27H40O12. The highest BCUT2D eigenvalue weighted by Gasteiger charge is 2.53. The summed E-state index contributed by atoms with van der Waals surface area (Å²) in [6.45, 7) is 11.3. The van der Waals surface area contributed by atoms with Crippen LogP contribution in [0.4, 0.5) is 0 Å². The lowest BCUT2D eigenvalue weighted by Crippen LogP contribution is -2.63. The summed E-state index contributed by atoms with van der Waals surface area (Å²) in [4.78, 5) is 59.4. The number of ether oxygens (including phenoxy) is 6. The predicted octanol–water partition coefficient (Wildman–Crippen LogP) is 1.79. The molecule has 3 unspecified atom stereocenters. The van der Waals surface area contributed by atoms with Crippen molar-refractivity contribution >= 4 is 29.7 Å². The Kier molecular flexibility index (Phi) is 10.8. The molecule has 2 rings (SSSR count). The smallest absolute Gasteiger partial charge is 0.303 e. The number of carbonyl (C=O) groups excluding carboxylic acids is 5. The van der Waals surface area contributed by atoms with Gasteiger partial charge in [-0.2, -0.15) is 0 Å². The Hall–Kier alpha value is -2.83. The Bertz CT molecular complexity index is 972. The number of esters is 4. The summed E-state index contributed by atoms with van der Waals surface area (Å²) in [5.74, 6) is -3.12. The average molecular weight is 557 g/mol. The highest BCUT2D eigenvalue weighted by molar-refractivity contribution is 5.81. The molecule has 0 aromatic rings. The second-order valence-electron chi connectivity index (χ2n) is 10.8. The molecule has 1 saturated carbocycles. The third-order valence-corrected chi connectivity index (χ3v) is 6.93. The first kappa shape index (κ1) is 32.4. The maximum atomic E-state index is 12.1. The Morgan fingerprint density at radius 1 is 0.974 bits per heavy atom. The number of hydrogen-bond acceptors (Lipinski definition) is 12. The third kappa shape index (κ3) is 8.33. The van der Waals surface area contributed by atoms with Gasteiger partial charge in [0.2, 0.25) is 0 Å². The van der Waals surface area contributed by atoms with Gasteiger partial charge < -0.3 is 33.5 Å². The first-order chi connectivity index (χ1) is 18.0. The highest BCUT2D eigenvalue weighted by Crippen LogP contribution is 2.46. The minimum atomic E-state index is -1.36. The lowest BCUT2D eigenvalue weighted by molar-refractivity contribution is -0.312. The standard InChI is InChI=1S/C27H40O12/c1-14-11-20(32)12-26(7,8)27(14,33)10-9-15(2)35-25-24(38-19(6)31)23(37-18(5)30)22(36-17(4)29)21(39-25)13-34-16(3)28/h9-10,14-15,21-25,33H,11-13H2,1-8H3/t14?,15?,21-,22-,23+,24-,25-,27?/m1/s1. The van der Waals surface area contributed by atoms with E-state index < -0.39 is 71.7 Å². The van der Waals surface area contributed by atoms with Gasteiger partial charge in [0.05, 0.1) is 11.7 Å². The van der Waals surface area contributed by atoms with Crippen LogP contribution in [0.1, 0.15) is 68.2 Å². The lowest BCUT2D eigenvalue weighted by Gasteiger charge is -2.48. The summed E-state index contributed by atoms with van der Waals surface area (Å²) >= 11 is 0. The number of Topliss-reactive ketones (excluding diaryl/α,β-unsaturated/α-hetero) is 1. The van der Waals surface area contributed by atoms with Crippen molar-refractivity contribution in [2.24, 2.45) is 11.3 Å². The van der Waals surface area contributed by atoms with Crippen LogP contribution in [0, 0.1) is 11.3 Å². The van der Waals surface area contributed by atoms with E-state index in [1.54, 1.807) is 26.0 Å². The van der Waals surface area contributed by atoms with Crippen molar-refractivity contribution < 1.29 is 57.5 Å². The van der Waals surface area contributed by atoms with E-state index >= 15 is 0 Å². The number of carbonyl (C=O) groups is 5. The van der Waals surface area contributed by atoms with Gasteiger partial charge in [0.1, 0.15) is 18.5 Å². The Labute approximate surface area is 228 Å². The van der Waals surface area contributed by atoms with Gasteiger partial charge in [0.25, 0.3) is 0 Å². The second-order valence-corrected chi connectivity index (χ2v) is 10.8. The summed E-state index contributed by atoms with van der Waals surface area (Å²) in [5, 5.41) is 11.5. The first-order valence-electron chi connectivity index (χ1n) is 12.9. The summed E-state index contributed by atoms with van der Waals surface area (Å²) in [6, 6.07) is 0. The second kappa shape index (κ2) is 13.0. The van der Waals surface area contributed by atoms with Crippen molar-refractivity contribution in [3.63, 3.8) is 0 Å². The van der Waals surface area contributed by atoms with Gasteiger partial charge >= 0.3 is 23.9 Å². The molecule has 0 bridgehead atoms. The molecule has 1 N–H and O–H groups in total. The van der Waals surface area contributed by atoms with Crippen molar-refractivity contribution in [2.75, 3.05) is 6.61 Å². The molecule has 2 aliphatic rings. The Balaban J connectivity index is 2.39. The van der Waals surface area contributed by atoms with Gasteiger partial charge in [0.15, 0.2) is 24.6 Å². The highest BCUT2D eigenvalue weighted by atomic mass is 16.7. The van der Waals surface area contributed by atoms with E-state index in [9.17, 15) is 29.1 Å². The van der Waals surface area contributed by atoms with Crippen LogP contribution in [0.2, 0.25) is 0 Å². The minimum absolute atomic E-state index is 0.0763. The first-order valence-corrected chi connectivity index (χ1v) is 12.9. The largest absolute Gasteiger partial charge is 0.463 e. The summed E-state index contributed by atoms with van der Waals surface area (Å²) < 4.78 is 33.2. The van der Waals surface area contributed by atoms with Gasteiger partial charge in [0, 0.05) is 46.0 Å². The van der Waals surface area contributed by atoms with Crippen molar-refractivity contribution in [1.82, 2.24) is 0 Å². The molecule has 0 aromatic heterocycles. The molecule has 0 radical (unpaired) electrons. The number of ketones is 1. The molecule has 0 spiro atoms. The molecule has 1 heterocycles. The lowest BCUT2D eigenvalue weighted by atomic mass is 9.60. The van der Waals surface area contributed by atoms with Crippen LogP contribution >= 0.6 is 0 Å². The number of rotatable bonds is 9. The van der Waals surface area contributed by atoms with Crippen LogP contribution in [-0.4, -0.2) is 83.8 Å². The maximum absolute atomic E-state index is 12.1. The average Bonchev–Trinajstić information content (AvgIpc) is 2.77. The Morgan fingerprint density at radius 2 is 1.51 bits per heavy atom. The van der Waals surface area contributed by atoms with Crippen molar-refractivity contribution in [2.45, 2.75) is 111 Å². The third-order valence-electron chi connectivity index (χ3n) is 6.93. The predicted molar refractivity (Wildman–Crippen MR) is 134 cm³/mol. The molecule has 2 fully saturated rings. The van der Waals surface area contributed by atoms with Gasteiger partial charge in [-0.25, -0.2) is 0 Å². The van der Waals surface area contributed by atoms with Crippen LogP contribution in [0.5, 0.6) is 0 Å². The normalized spacial score (nSPS) is 33.2. The van der Waals surface area contributed by atoms with E-state index in [1.165, 1.54) is 6.92 Å². The van der Waals surface area contributed by atoms with E-state index in [0.717, 1.165) is 20.8 Å². The van der Waals surface area contributed by atoms with Crippen molar-refractivity contribution in [1.29, 1.82) is 0 Å². The van der Waals surface area contributed by atoms with E-state index in [-0.39, 0.29) is 31.1 Å². The van der Waals surface area contributed by atoms with E-state index in [0.29, 0.717) is 0 Å². The van der Waals surface area contributed by atoms with Crippen molar-refractivity contribution in [3.05, 3.63) is 12.2 Å². The zero-order valence-corrected chi connectivity index (χ0v) is 23.8. The quantitative estimate of drug-likeness (QED) is 0.249. The minimum Gasteiger partial charge on any atom is -0.463 e. The molecular weight excluding hydrogens is 516 g/mol. The zero-order chi connectivity index (χ0) is 29.7. The molecule has 220 valence electrons. The maximum Gasteiger partial charge on any atom is 0.303 e. The summed E-state index contributed by atoms with van der Waals surface area (Å²) in [7, 11) is 0. The van der Waals surface area contributed by atoms with E-state index in [4.69, 9.17) is 28.4 Å². The van der Waals surface area contributed by atoms with Gasteiger partial charge in [-0.1, -0.05) is 32.9 Å². The fraction of sp³-hybridized carbons (Fsp3) is 0.741. The number of aliphatic hydroxyl groups is 1. The van der Waals surface area contributed by atoms with Crippen LogP contribution in [0.3, 0.4) is 0 Å². The molecule has 0 amide bonds. The zero-order valence-electron chi connectivity index (χ0n) is 23.8. The molecule has 39 heavy (non-hydrogen) atoms. The van der Waals surface area contributed by atoms with Gasteiger partial charge in [-0.3, -0.25) is 24.0 Å². The molecule has 8 atom stereocenters. The summed E-state index contributed by atoms with van der Waals surface area (Å²) in [6.07, 6.45) is -3.57. The van der Waals surface area contributed by atoms with E-state index in [2.05, 4.69) is 0 Å². The molecule has 1 aliphatic heterocycles. The molecule has 1 aliphatic carbocycles. The van der Waals surface area contributed by atoms with Gasteiger partial charge in [-0.15, -0.1) is 0 Å².